The van der Waals surface area contributed by atoms with Gasteiger partial charge >= 0.3 is 0 Å². The highest BCUT2D eigenvalue weighted by Crippen LogP contribution is 2.33. The van der Waals surface area contributed by atoms with Crippen LogP contribution in [-0.2, 0) is 9.53 Å². The summed E-state index contributed by atoms with van der Waals surface area (Å²) < 4.78 is 11.3. The van der Waals surface area contributed by atoms with Crippen LogP contribution in [0.2, 0.25) is 0 Å². The minimum atomic E-state index is -0.446. The lowest BCUT2D eigenvalue weighted by Gasteiger charge is -2.27. The number of fused-ring (bicyclic) bond motifs is 1. The molecule has 0 radical (unpaired) electrons. The van der Waals surface area contributed by atoms with E-state index in [1.165, 1.54) is 0 Å². The molecular formula is C13H16N2O3. The molecule has 2 aliphatic heterocycles. The molecule has 1 saturated heterocycles. The second kappa shape index (κ2) is 4.59. The van der Waals surface area contributed by atoms with Gasteiger partial charge in [-0.3, -0.25) is 4.79 Å². The average Bonchev–Trinajstić information content (AvgIpc) is 2.41. The van der Waals surface area contributed by atoms with E-state index in [-0.39, 0.29) is 12.0 Å². The molecule has 1 fully saturated rings. The third kappa shape index (κ3) is 2.07. The highest BCUT2D eigenvalue weighted by Gasteiger charge is 2.25. The Morgan fingerprint density at radius 1 is 1.39 bits per heavy atom. The molecular weight excluding hydrogens is 232 g/mol. The largest absolute Gasteiger partial charge is 0.479 e. The van der Waals surface area contributed by atoms with Crippen molar-refractivity contribution in [2.75, 3.05) is 25.0 Å². The fourth-order valence-electron chi connectivity index (χ4n) is 2.20. The van der Waals surface area contributed by atoms with Crippen molar-refractivity contribution in [2.24, 2.45) is 0 Å². The van der Waals surface area contributed by atoms with Gasteiger partial charge in [0.15, 0.2) is 6.10 Å². The van der Waals surface area contributed by atoms with Gasteiger partial charge in [-0.2, -0.15) is 0 Å². The molecule has 96 valence electrons. The van der Waals surface area contributed by atoms with Gasteiger partial charge in [-0.05, 0) is 24.6 Å². The van der Waals surface area contributed by atoms with Crippen molar-refractivity contribution in [2.45, 2.75) is 19.1 Å². The number of amides is 1. The first kappa shape index (κ1) is 11.5. The Balaban J connectivity index is 1.86. The SMILES string of the molecule is CC1Oc2cc(C3CNCCO3)ccc2NC1=O. The third-order valence-corrected chi connectivity index (χ3v) is 3.24. The zero-order valence-corrected chi connectivity index (χ0v) is 10.2. The molecule has 0 bridgehead atoms. The van der Waals surface area contributed by atoms with E-state index in [9.17, 15) is 4.79 Å². The number of carbonyl (C=O) groups is 1. The van der Waals surface area contributed by atoms with Gasteiger partial charge in [0.2, 0.25) is 0 Å². The maximum absolute atomic E-state index is 11.5. The summed E-state index contributed by atoms with van der Waals surface area (Å²) in [7, 11) is 0. The monoisotopic (exact) mass is 248 g/mol. The Hall–Kier alpha value is -1.59. The number of anilines is 1. The highest BCUT2D eigenvalue weighted by molar-refractivity contribution is 5.97. The fraction of sp³-hybridized carbons (Fsp3) is 0.462. The Labute approximate surface area is 105 Å². The van der Waals surface area contributed by atoms with Gasteiger partial charge in [-0.1, -0.05) is 6.07 Å². The van der Waals surface area contributed by atoms with Crippen LogP contribution in [0.3, 0.4) is 0 Å². The molecule has 0 spiro atoms. The molecule has 2 N–H and O–H groups in total. The summed E-state index contributed by atoms with van der Waals surface area (Å²) >= 11 is 0. The smallest absolute Gasteiger partial charge is 0.265 e. The molecule has 2 heterocycles. The highest BCUT2D eigenvalue weighted by atomic mass is 16.5. The van der Waals surface area contributed by atoms with Gasteiger partial charge in [0.1, 0.15) is 5.75 Å². The van der Waals surface area contributed by atoms with Gasteiger partial charge in [-0.25, -0.2) is 0 Å². The van der Waals surface area contributed by atoms with Gasteiger partial charge < -0.3 is 20.1 Å². The standard InChI is InChI=1S/C13H16N2O3/c1-8-13(16)15-10-3-2-9(6-11(10)18-8)12-7-14-4-5-17-12/h2-3,6,8,12,14H,4-5,7H2,1H3,(H,15,16). The molecule has 0 saturated carbocycles. The Kier molecular flexibility index (Phi) is 2.93. The first-order valence-corrected chi connectivity index (χ1v) is 6.18. The lowest BCUT2D eigenvalue weighted by Crippen LogP contribution is -2.35. The summed E-state index contributed by atoms with van der Waals surface area (Å²) in [4.78, 5) is 11.5. The summed E-state index contributed by atoms with van der Waals surface area (Å²) in [5.41, 5.74) is 1.80. The first-order valence-electron chi connectivity index (χ1n) is 6.18. The minimum Gasteiger partial charge on any atom is -0.479 e. The number of rotatable bonds is 1. The summed E-state index contributed by atoms with van der Waals surface area (Å²) in [5.74, 6) is 0.611. The van der Waals surface area contributed by atoms with E-state index in [0.717, 1.165) is 30.9 Å². The number of carbonyl (C=O) groups excluding carboxylic acids is 1. The van der Waals surface area contributed by atoms with Crippen molar-refractivity contribution in [3.8, 4) is 5.75 Å². The molecule has 1 amide bonds. The molecule has 1 aromatic carbocycles. The lowest BCUT2D eigenvalue weighted by atomic mass is 10.1. The van der Waals surface area contributed by atoms with Crippen molar-refractivity contribution in [1.82, 2.24) is 5.32 Å². The number of hydrogen-bond acceptors (Lipinski definition) is 4. The zero-order chi connectivity index (χ0) is 12.5. The quantitative estimate of drug-likeness (QED) is 0.780. The molecule has 5 heteroatoms. The molecule has 2 unspecified atom stereocenters. The molecule has 2 aliphatic rings. The molecule has 0 aromatic heterocycles. The second-order valence-electron chi connectivity index (χ2n) is 4.57. The van der Waals surface area contributed by atoms with Gasteiger partial charge in [0, 0.05) is 13.1 Å². The molecule has 5 nitrogen and oxygen atoms in total. The summed E-state index contributed by atoms with van der Waals surface area (Å²) in [6.45, 7) is 4.16. The van der Waals surface area contributed by atoms with Crippen molar-refractivity contribution < 1.29 is 14.3 Å². The van der Waals surface area contributed by atoms with Crippen LogP contribution in [0, 0.1) is 0 Å². The zero-order valence-electron chi connectivity index (χ0n) is 10.2. The van der Waals surface area contributed by atoms with E-state index in [0.29, 0.717) is 5.75 Å². The van der Waals surface area contributed by atoms with E-state index in [2.05, 4.69) is 10.6 Å². The van der Waals surface area contributed by atoms with Crippen LogP contribution < -0.4 is 15.4 Å². The molecule has 1 aromatic rings. The maximum Gasteiger partial charge on any atom is 0.265 e. The van der Waals surface area contributed by atoms with E-state index >= 15 is 0 Å². The number of ether oxygens (including phenoxy) is 2. The van der Waals surface area contributed by atoms with Gasteiger partial charge in [0.25, 0.3) is 5.91 Å². The second-order valence-corrected chi connectivity index (χ2v) is 4.57. The number of nitrogens with one attached hydrogen (secondary N) is 2. The van der Waals surface area contributed by atoms with Crippen LogP contribution in [-0.4, -0.2) is 31.7 Å². The van der Waals surface area contributed by atoms with E-state index in [1.54, 1.807) is 6.92 Å². The minimum absolute atomic E-state index is 0.0561. The van der Waals surface area contributed by atoms with E-state index < -0.39 is 6.10 Å². The topological polar surface area (TPSA) is 59.6 Å². The van der Waals surface area contributed by atoms with Crippen molar-refractivity contribution in [3.05, 3.63) is 23.8 Å². The third-order valence-electron chi connectivity index (χ3n) is 3.24. The van der Waals surface area contributed by atoms with Crippen LogP contribution in [0.25, 0.3) is 0 Å². The fourth-order valence-corrected chi connectivity index (χ4v) is 2.20. The summed E-state index contributed by atoms with van der Waals surface area (Å²) in [6, 6.07) is 5.78. The van der Waals surface area contributed by atoms with Crippen LogP contribution in [0.1, 0.15) is 18.6 Å². The van der Waals surface area contributed by atoms with Crippen LogP contribution in [0.4, 0.5) is 5.69 Å². The lowest BCUT2D eigenvalue weighted by molar-refractivity contribution is -0.122. The Morgan fingerprint density at radius 2 is 2.28 bits per heavy atom. The average molecular weight is 248 g/mol. The number of hydrogen-bond donors (Lipinski definition) is 2. The molecule has 0 aliphatic carbocycles. The Morgan fingerprint density at radius 3 is 3.06 bits per heavy atom. The molecule has 18 heavy (non-hydrogen) atoms. The van der Waals surface area contributed by atoms with Crippen molar-refractivity contribution in [3.63, 3.8) is 0 Å². The predicted molar refractivity (Wildman–Crippen MR) is 66.7 cm³/mol. The summed E-state index contributed by atoms with van der Waals surface area (Å²) in [5, 5.41) is 6.11. The van der Waals surface area contributed by atoms with Crippen LogP contribution >= 0.6 is 0 Å². The maximum atomic E-state index is 11.5. The molecule has 2 atom stereocenters. The van der Waals surface area contributed by atoms with Gasteiger partial charge in [-0.15, -0.1) is 0 Å². The first-order chi connectivity index (χ1) is 8.74. The van der Waals surface area contributed by atoms with E-state index in [1.807, 2.05) is 18.2 Å². The van der Waals surface area contributed by atoms with Crippen LogP contribution in [0.5, 0.6) is 5.75 Å². The van der Waals surface area contributed by atoms with E-state index in [4.69, 9.17) is 9.47 Å². The van der Waals surface area contributed by atoms with Crippen molar-refractivity contribution >= 4 is 11.6 Å². The summed E-state index contributed by atoms with van der Waals surface area (Å²) in [6.07, 6.45) is -0.390. The van der Waals surface area contributed by atoms with Crippen molar-refractivity contribution in [1.29, 1.82) is 0 Å². The predicted octanol–water partition coefficient (Wildman–Crippen LogP) is 1.07. The number of benzene rings is 1. The van der Waals surface area contributed by atoms with Gasteiger partial charge in [0.05, 0.1) is 18.4 Å². The Bertz CT molecular complexity index is 469. The van der Waals surface area contributed by atoms with Crippen LogP contribution in [0.15, 0.2) is 18.2 Å². The normalized spacial score (nSPS) is 27.1. The number of morpholine rings is 1. The molecule has 3 rings (SSSR count).